The maximum Gasteiger partial charge on any atom is 0.0328 e. The van der Waals surface area contributed by atoms with Crippen LogP contribution in [0.15, 0.2) is 6.07 Å². The Morgan fingerprint density at radius 2 is 2.17 bits per heavy atom. The number of nitrogens with one attached hydrogen (secondary N) is 1. The van der Waals surface area contributed by atoms with Crippen LogP contribution in [0.5, 0.6) is 0 Å². The van der Waals surface area contributed by atoms with Gasteiger partial charge in [-0.05, 0) is 63.7 Å². The molecule has 18 heavy (non-hydrogen) atoms. The highest BCUT2D eigenvalue weighted by atomic mass is 32.1. The SMILES string of the molecule is Cc1cc(CN2CCC(CNC3CC3)C2)sc1C. The third-order valence-corrected chi connectivity index (χ3v) is 5.38. The van der Waals surface area contributed by atoms with Crippen LogP contribution in [0.25, 0.3) is 0 Å². The molecule has 2 aliphatic rings. The summed E-state index contributed by atoms with van der Waals surface area (Å²) in [5.74, 6) is 0.882. The zero-order valence-corrected chi connectivity index (χ0v) is 12.4. The topological polar surface area (TPSA) is 15.3 Å². The van der Waals surface area contributed by atoms with Gasteiger partial charge in [-0.1, -0.05) is 0 Å². The number of nitrogens with zero attached hydrogens (tertiary/aromatic N) is 1. The summed E-state index contributed by atoms with van der Waals surface area (Å²) in [7, 11) is 0. The molecule has 1 saturated heterocycles. The van der Waals surface area contributed by atoms with Crippen molar-refractivity contribution in [2.75, 3.05) is 19.6 Å². The van der Waals surface area contributed by atoms with E-state index in [0.717, 1.165) is 12.0 Å². The fourth-order valence-corrected chi connectivity index (χ4v) is 3.89. The Morgan fingerprint density at radius 1 is 1.33 bits per heavy atom. The summed E-state index contributed by atoms with van der Waals surface area (Å²) in [5.41, 5.74) is 1.46. The van der Waals surface area contributed by atoms with Crippen LogP contribution in [0.1, 0.15) is 34.6 Å². The zero-order valence-electron chi connectivity index (χ0n) is 11.5. The Morgan fingerprint density at radius 3 is 2.83 bits per heavy atom. The highest BCUT2D eigenvalue weighted by molar-refractivity contribution is 7.12. The highest BCUT2D eigenvalue weighted by Crippen LogP contribution is 2.25. The second-order valence-electron chi connectivity index (χ2n) is 6.02. The van der Waals surface area contributed by atoms with Crippen molar-refractivity contribution in [3.8, 4) is 0 Å². The molecule has 2 nitrogen and oxygen atoms in total. The Hall–Kier alpha value is -0.380. The first-order valence-corrected chi connectivity index (χ1v) is 8.04. The first-order chi connectivity index (χ1) is 8.70. The van der Waals surface area contributed by atoms with E-state index in [2.05, 4.69) is 30.1 Å². The van der Waals surface area contributed by atoms with Gasteiger partial charge in [-0.15, -0.1) is 11.3 Å². The van der Waals surface area contributed by atoms with E-state index in [0.29, 0.717) is 0 Å². The summed E-state index contributed by atoms with van der Waals surface area (Å²) in [4.78, 5) is 5.65. The molecule has 0 bridgehead atoms. The van der Waals surface area contributed by atoms with Gasteiger partial charge in [0.1, 0.15) is 0 Å². The number of aryl methyl sites for hydroxylation is 2. The summed E-state index contributed by atoms with van der Waals surface area (Å²) in [5, 5.41) is 3.67. The van der Waals surface area contributed by atoms with Gasteiger partial charge in [0.15, 0.2) is 0 Å². The molecule has 1 aromatic heterocycles. The second-order valence-corrected chi connectivity index (χ2v) is 7.37. The number of hydrogen-bond acceptors (Lipinski definition) is 3. The molecule has 3 heteroatoms. The van der Waals surface area contributed by atoms with Gasteiger partial charge in [0, 0.05) is 28.9 Å². The van der Waals surface area contributed by atoms with Crippen LogP contribution in [-0.4, -0.2) is 30.6 Å². The number of hydrogen-bond donors (Lipinski definition) is 1. The first-order valence-electron chi connectivity index (χ1n) is 7.22. The van der Waals surface area contributed by atoms with Crippen LogP contribution in [0, 0.1) is 19.8 Å². The number of thiophene rings is 1. The van der Waals surface area contributed by atoms with Crippen LogP contribution >= 0.6 is 11.3 Å². The molecule has 1 unspecified atom stereocenters. The molecule has 1 aromatic rings. The molecule has 0 spiro atoms. The minimum absolute atomic E-state index is 0.863. The molecular weight excluding hydrogens is 240 g/mol. The maximum atomic E-state index is 3.67. The van der Waals surface area contributed by atoms with Crippen molar-refractivity contribution in [2.24, 2.45) is 5.92 Å². The van der Waals surface area contributed by atoms with Gasteiger partial charge in [0.25, 0.3) is 0 Å². The minimum Gasteiger partial charge on any atom is -0.314 e. The Balaban J connectivity index is 1.46. The van der Waals surface area contributed by atoms with Crippen molar-refractivity contribution in [1.82, 2.24) is 10.2 Å². The van der Waals surface area contributed by atoms with Crippen molar-refractivity contribution in [3.05, 3.63) is 21.4 Å². The molecule has 0 amide bonds. The lowest BCUT2D eigenvalue weighted by Crippen LogP contribution is -2.27. The molecule has 3 rings (SSSR count). The summed E-state index contributed by atoms with van der Waals surface area (Å²) < 4.78 is 0. The van der Waals surface area contributed by atoms with E-state index in [4.69, 9.17) is 0 Å². The quantitative estimate of drug-likeness (QED) is 0.879. The van der Waals surface area contributed by atoms with Crippen molar-refractivity contribution in [1.29, 1.82) is 0 Å². The van der Waals surface area contributed by atoms with E-state index in [-0.39, 0.29) is 0 Å². The van der Waals surface area contributed by atoms with E-state index in [9.17, 15) is 0 Å². The van der Waals surface area contributed by atoms with Gasteiger partial charge >= 0.3 is 0 Å². The van der Waals surface area contributed by atoms with Crippen molar-refractivity contribution >= 4 is 11.3 Å². The molecule has 1 atom stereocenters. The van der Waals surface area contributed by atoms with Crippen LogP contribution in [-0.2, 0) is 6.54 Å². The molecule has 0 aromatic carbocycles. The third-order valence-electron chi connectivity index (χ3n) is 4.24. The molecule has 2 heterocycles. The van der Waals surface area contributed by atoms with Crippen LogP contribution < -0.4 is 5.32 Å². The van der Waals surface area contributed by atoms with Crippen LogP contribution in [0.2, 0.25) is 0 Å². The van der Waals surface area contributed by atoms with E-state index >= 15 is 0 Å². The molecule has 0 radical (unpaired) electrons. The fourth-order valence-electron chi connectivity index (χ4n) is 2.79. The Labute approximate surface area is 114 Å². The van der Waals surface area contributed by atoms with E-state index < -0.39 is 0 Å². The van der Waals surface area contributed by atoms with Gasteiger partial charge in [-0.3, -0.25) is 4.90 Å². The van der Waals surface area contributed by atoms with E-state index in [1.165, 1.54) is 55.9 Å². The standard InChI is InChI=1S/C15H24N2S/c1-11-7-15(18-12(11)2)10-17-6-5-13(9-17)8-16-14-3-4-14/h7,13-14,16H,3-6,8-10H2,1-2H3. The predicted molar refractivity (Wildman–Crippen MR) is 78.2 cm³/mol. The highest BCUT2D eigenvalue weighted by Gasteiger charge is 2.26. The van der Waals surface area contributed by atoms with Gasteiger partial charge < -0.3 is 5.32 Å². The summed E-state index contributed by atoms with van der Waals surface area (Å²) in [6, 6.07) is 3.23. The lowest BCUT2D eigenvalue weighted by Gasteiger charge is -2.15. The largest absolute Gasteiger partial charge is 0.314 e. The van der Waals surface area contributed by atoms with Gasteiger partial charge in [0.2, 0.25) is 0 Å². The normalized spacial score (nSPS) is 24.9. The summed E-state index contributed by atoms with van der Waals surface area (Å²) >= 11 is 1.97. The van der Waals surface area contributed by atoms with Crippen LogP contribution in [0.4, 0.5) is 0 Å². The second kappa shape index (κ2) is 5.32. The van der Waals surface area contributed by atoms with Crippen molar-refractivity contribution < 1.29 is 0 Å². The summed E-state index contributed by atoms with van der Waals surface area (Å²) in [6.45, 7) is 9.43. The minimum atomic E-state index is 0.863. The number of rotatable bonds is 5. The third kappa shape index (κ3) is 3.14. The predicted octanol–water partition coefficient (Wildman–Crippen LogP) is 2.94. The average Bonchev–Trinajstić information content (AvgIpc) is 2.98. The van der Waals surface area contributed by atoms with E-state index in [1.807, 2.05) is 11.3 Å². The van der Waals surface area contributed by atoms with Crippen molar-refractivity contribution in [2.45, 2.75) is 45.7 Å². The van der Waals surface area contributed by atoms with E-state index in [1.54, 1.807) is 4.88 Å². The van der Waals surface area contributed by atoms with Gasteiger partial charge in [-0.2, -0.15) is 0 Å². The lowest BCUT2D eigenvalue weighted by atomic mass is 10.1. The van der Waals surface area contributed by atoms with Crippen LogP contribution in [0.3, 0.4) is 0 Å². The van der Waals surface area contributed by atoms with Gasteiger partial charge in [0.05, 0.1) is 0 Å². The smallest absolute Gasteiger partial charge is 0.0328 e. The first kappa shape index (κ1) is 12.6. The Bertz CT molecular complexity index is 389. The molecular formula is C15H24N2S. The maximum absolute atomic E-state index is 3.67. The molecule has 1 aliphatic heterocycles. The zero-order chi connectivity index (χ0) is 12.5. The average molecular weight is 264 g/mol. The molecule has 1 aliphatic carbocycles. The molecule has 1 saturated carbocycles. The van der Waals surface area contributed by atoms with Gasteiger partial charge in [-0.25, -0.2) is 0 Å². The fraction of sp³-hybridized carbons (Fsp3) is 0.733. The van der Waals surface area contributed by atoms with Crippen molar-refractivity contribution in [3.63, 3.8) is 0 Å². The molecule has 2 fully saturated rings. The number of likely N-dealkylation sites (tertiary alicyclic amines) is 1. The molecule has 100 valence electrons. The molecule has 1 N–H and O–H groups in total. The lowest BCUT2D eigenvalue weighted by molar-refractivity contribution is 0.317. The Kier molecular flexibility index (Phi) is 3.73. The summed E-state index contributed by atoms with van der Waals surface area (Å²) in [6.07, 6.45) is 4.19. The monoisotopic (exact) mass is 264 g/mol.